The lowest BCUT2D eigenvalue weighted by molar-refractivity contribution is 0.252. The maximum Gasteiger partial charge on any atom is 0.319 e. The van der Waals surface area contributed by atoms with Crippen molar-refractivity contribution in [3.05, 3.63) is 58.4 Å². The van der Waals surface area contributed by atoms with E-state index >= 15 is 0 Å². The molecule has 0 unspecified atom stereocenters. The Balaban J connectivity index is 1.45. The average Bonchev–Trinajstić information content (AvgIpc) is 3.01. The minimum Gasteiger partial charge on any atom is -0.367 e. The van der Waals surface area contributed by atoms with Crippen molar-refractivity contribution in [1.29, 1.82) is 0 Å². The number of nitrogens with one attached hydrogen (secondary N) is 3. The van der Waals surface area contributed by atoms with Gasteiger partial charge in [-0.05, 0) is 56.7 Å². The van der Waals surface area contributed by atoms with Gasteiger partial charge in [0.1, 0.15) is 5.82 Å². The number of anilines is 2. The highest BCUT2D eigenvalue weighted by Crippen LogP contribution is 2.22. The molecule has 0 spiro atoms. The summed E-state index contributed by atoms with van der Waals surface area (Å²) in [5, 5.41) is 22.0. The van der Waals surface area contributed by atoms with E-state index < -0.39 is 0 Å². The van der Waals surface area contributed by atoms with Crippen LogP contribution in [-0.2, 0) is 0 Å². The van der Waals surface area contributed by atoms with Crippen molar-refractivity contribution in [3.63, 3.8) is 0 Å². The molecule has 0 saturated heterocycles. The van der Waals surface area contributed by atoms with Crippen molar-refractivity contribution in [2.45, 2.75) is 20.8 Å². The SMILES string of the molecule is Cc1cc(C)n(-c2ccc(NCCNC(=O)Nc3cccc(Cl)c3C)nn2)n1. The van der Waals surface area contributed by atoms with Crippen molar-refractivity contribution in [3.8, 4) is 5.82 Å². The number of amides is 2. The van der Waals surface area contributed by atoms with E-state index in [2.05, 4.69) is 31.2 Å². The first-order valence-corrected chi connectivity index (χ1v) is 9.23. The van der Waals surface area contributed by atoms with E-state index in [1.165, 1.54) is 0 Å². The van der Waals surface area contributed by atoms with E-state index in [4.69, 9.17) is 11.6 Å². The first-order valence-electron chi connectivity index (χ1n) is 8.85. The molecule has 28 heavy (non-hydrogen) atoms. The molecule has 0 radical (unpaired) electrons. The van der Waals surface area contributed by atoms with E-state index in [-0.39, 0.29) is 6.03 Å². The van der Waals surface area contributed by atoms with Crippen LogP contribution in [0.2, 0.25) is 5.02 Å². The Hall–Kier alpha value is -3.13. The fourth-order valence-corrected chi connectivity index (χ4v) is 2.84. The second kappa shape index (κ2) is 8.71. The normalized spacial score (nSPS) is 10.6. The van der Waals surface area contributed by atoms with Gasteiger partial charge in [0.05, 0.1) is 5.69 Å². The lowest BCUT2D eigenvalue weighted by atomic mass is 10.2. The lowest BCUT2D eigenvalue weighted by Gasteiger charge is -2.11. The van der Waals surface area contributed by atoms with Crippen LogP contribution in [0.4, 0.5) is 16.3 Å². The quantitative estimate of drug-likeness (QED) is 0.551. The topological polar surface area (TPSA) is 96.8 Å². The van der Waals surface area contributed by atoms with Gasteiger partial charge in [0, 0.05) is 29.5 Å². The number of carbonyl (C=O) groups excluding carboxylic acids is 1. The summed E-state index contributed by atoms with van der Waals surface area (Å²) >= 11 is 6.05. The summed E-state index contributed by atoms with van der Waals surface area (Å²) < 4.78 is 1.75. The number of benzene rings is 1. The van der Waals surface area contributed by atoms with Gasteiger partial charge < -0.3 is 16.0 Å². The lowest BCUT2D eigenvalue weighted by Crippen LogP contribution is -2.33. The van der Waals surface area contributed by atoms with Gasteiger partial charge in [-0.3, -0.25) is 0 Å². The van der Waals surface area contributed by atoms with E-state index in [1.54, 1.807) is 22.9 Å². The Morgan fingerprint density at radius 3 is 2.61 bits per heavy atom. The van der Waals surface area contributed by atoms with Crippen molar-refractivity contribution in [1.82, 2.24) is 25.3 Å². The summed E-state index contributed by atoms with van der Waals surface area (Å²) in [6, 6.07) is 10.7. The number of urea groups is 1. The van der Waals surface area contributed by atoms with Gasteiger partial charge in [-0.1, -0.05) is 17.7 Å². The molecule has 146 valence electrons. The number of carbonyl (C=O) groups is 1. The Labute approximate surface area is 168 Å². The number of nitrogens with zero attached hydrogens (tertiary/aromatic N) is 4. The number of aromatic nitrogens is 4. The maximum absolute atomic E-state index is 12.0. The van der Waals surface area contributed by atoms with Crippen LogP contribution in [-0.4, -0.2) is 39.1 Å². The second-order valence-corrected chi connectivity index (χ2v) is 6.74. The van der Waals surface area contributed by atoms with Crippen LogP contribution < -0.4 is 16.0 Å². The molecule has 0 atom stereocenters. The number of hydrogen-bond donors (Lipinski definition) is 3. The minimum atomic E-state index is -0.293. The molecule has 3 aromatic rings. The number of halogens is 1. The van der Waals surface area contributed by atoms with Crippen LogP contribution >= 0.6 is 11.6 Å². The highest BCUT2D eigenvalue weighted by Gasteiger charge is 2.07. The van der Waals surface area contributed by atoms with Crippen LogP contribution in [0, 0.1) is 20.8 Å². The zero-order valence-electron chi connectivity index (χ0n) is 16.0. The Morgan fingerprint density at radius 1 is 1.11 bits per heavy atom. The van der Waals surface area contributed by atoms with E-state index in [9.17, 15) is 4.79 Å². The van der Waals surface area contributed by atoms with Gasteiger partial charge in [0.25, 0.3) is 0 Å². The van der Waals surface area contributed by atoms with Gasteiger partial charge in [-0.15, -0.1) is 10.2 Å². The number of aryl methyl sites for hydroxylation is 2. The summed E-state index contributed by atoms with van der Waals surface area (Å²) in [5.74, 6) is 1.28. The smallest absolute Gasteiger partial charge is 0.319 e. The zero-order chi connectivity index (χ0) is 20.1. The third-order valence-electron chi connectivity index (χ3n) is 4.11. The fraction of sp³-hybridized carbons (Fsp3) is 0.263. The molecule has 1 aromatic carbocycles. The molecular weight excluding hydrogens is 378 g/mol. The van der Waals surface area contributed by atoms with Crippen molar-refractivity contribution in [2.75, 3.05) is 23.7 Å². The zero-order valence-corrected chi connectivity index (χ0v) is 16.7. The summed E-state index contributed by atoms with van der Waals surface area (Å²) in [5.41, 5.74) is 3.44. The number of hydrogen-bond acceptors (Lipinski definition) is 5. The Morgan fingerprint density at radius 2 is 1.93 bits per heavy atom. The predicted octanol–water partition coefficient (Wildman–Crippen LogP) is 3.47. The molecule has 9 heteroatoms. The molecule has 0 aliphatic carbocycles. The van der Waals surface area contributed by atoms with Crippen LogP contribution in [0.3, 0.4) is 0 Å². The van der Waals surface area contributed by atoms with Crippen molar-refractivity contribution < 1.29 is 4.79 Å². The van der Waals surface area contributed by atoms with Gasteiger partial charge in [-0.25, -0.2) is 9.48 Å². The van der Waals surface area contributed by atoms with Crippen LogP contribution in [0.25, 0.3) is 5.82 Å². The molecule has 0 saturated carbocycles. The molecule has 3 N–H and O–H groups in total. The number of rotatable bonds is 6. The standard InChI is InChI=1S/C19H22ClN7O/c1-12-11-13(2)27(26-12)18-8-7-17(24-25-18)21-9-10-22-19(28)23-16-6-4-5-15(20)14(16)3/h4-8,11H,9-10H2,1-3H3,(H,21,24)(H2,22,23,28). The molecule has 0 aliphatic rings. The first kappa shape index (κ1) is 19.6. The van der Waals surface area contributed by atoms with Crippen LogP contribution in [0.1, 0.15) is 17.0 Å². The molecule has 0 fully saturated rings. The minimum absolute atomic E-state index is 0.293. The Bertz CT molecular complexity index is 969. The van der Waals surface area contributed by atoms with Crippen LogP contribution in [0.15, 0.2) is 36.4 Å². The molecular formula is C19H22ClN7O. The third-order valence-corrected chi connectivity index (χ3v) is 4.52. The van der Waals surface area contributed by atoms with Gasteiger partial charge >= 0.3 is 6.03 Å². The van der Waals surface area contributed by atoms with Gasteiger partial charge in [0.15, 0.2) is 5.82 Å². The third kappa shape index (κ3) is 4.77. The molecule has 3 rings (SSSR count). The molecule has 2 aromatic heterocycles. The highest BCUT2D eigenvalue weighted by molar-refractivity contribution is 6.31. The summed E-state index contributed by atoms with van der Waals surface area (Å²) in [7, 11) is 0. The summed E-state index contributed by atoms with van der Waals surface area (Å²) in [6.45, 7) is 6.69. The highest BCUT2D eigenvalue weighted by atomic mass is 35.5. The Kier molecular flexibility index (Phi) is 6.10. The van der Waals surface area contributed by atoms with E-state index in [1.807, 2.05) is 39.0 Å². The first-order chi connectivity index (χ1) is 13.4. The van der Waals surface area contributed by atoms with E-state index in [0.717, 1.165) is 17.0 Å². The molecule has 0 bridgehead atoms. The molecule has 8 nitrogen and oxygen atoms in total. The molecule has 2 heterocycles. The average molecular weight is 400 g/mol. The molecule has 2 amide bonds. The fourth-order valence-electron chi connectivity index (χ4n) is 2.67. The van der Waals surface area contributed by atoms with Crippen molar-refractivity contribution in [2.24, 2.45) is 0 Å². The monoisotopic (exact) mass is 399 g/mol. The maximum atomic E-state index is 12.0. The predicted molar refractivity (Wildman–Crippen MR) is 110 cm³/mol. The second-order valence-electron chi connectivity index (χ2n) is 6.34. The summed E-state index contributed by atoms with van der Waals surface area (Å²) in [4.78, 5) is 12.0. The van der Waals surface area contributed by atoms with Gasteiger partial charge in [0.2, 0.25) is 0 Å². The molecule has 0 aliphatic heterocycles. The van der Waals surface area contributed by atoms with E-state index in [0.29, 0.717) is 35.4 Å². The van der Waals surface area contributed by atoms with Crippen LogP contribution in [0.5, 0.6) is 0 Å². The van der Waals surface area contributed by atoms with Gasteiger partial charge in [-0.2, -0.15) is 5.10 Å². The largest absolute Gasteiger partial charge is 0.367 e. The summed E-state index contributed by atoms with van der Waals surface area (Å²) in [6.07, 6.45) is 0. The van der Waals surface area contributed by atoms with Crippen molar-refractivity contribution >= 4 is 29.1 Å².